The zero-order valence-electron chi connectivity index (χ0n) is 15.5. The van der Waals surface area contributed by atoms with E-state index in [0.717, 1.165) is 11.1 Å². The second kappa shape index (κ2) is 8.96. The Balaban J connectivity index is 2.30. The van der Waals surface area contributed by atoms with E-state index in [4.69, 9.17) is 0 Å². The van der Waals surface area contributed by atoms with Crippen molar-refractivity contribution < 1.29 is 13.2 Å². The fraction of sp³-hybridized carbons (Fsp3) is 0.350. The Labute approximate surface area is 156 Å². The Morgan fingerprint density at radius 3 is 2.12 bits per heavy atom. The molecule has 140 valence electrons. The molecule has 0 aliphatic rings. The number of sulfonamides is 1. The first-order valence-electron chi connectivity index (χ1n) is 8.79. The molecule has 0 bridgehead atoms. The van der Waals surface area contributed by atoms with Crippen LogP contribution in [0.25, 0.3) is 0 Å². The highest BCUT2D eigenvalue weighted by Gasteiger charge is 2.28. The first-order chi connectivity index (χ1) is 12.4. The summed E-state index contributed by atoms with van der Waals surface area (Å²) in [6.45, 7) is 6.73. The van der Waals surface area contributed by atoms with Gasteiger partial charge < -0.3 is 4.90 Å². The SMILES string of the molecule is CCN(CC)C(=O)[C@@H](Cc1ccccc1)NS(=O)(=O)c1ccc(C)cc1. The van der Waals surface area contributed by atoms with E-state index in [0.29, 0.717) is 19.5 Å². The Morgan fingerprint density at radius 2 is 1.58 bits per heavy atom. The molecule has 2 aromatic carbocycles. The average Bonchev–Trinajstić information content (AvgIpc) is 2.63. The summed E-state index contributed by atoms with van der Waals surface area (Å²) in [5, 5.41) is 0. The molecule has 0 fully saturated rings. The number of hydrogen-bond acceptors (Lipinski definition) is 3. The Hall–Kier alpha value is -2.18. The highest BCUT2D eigenvalue weighted by molar-refractivity contribution is 7.89. The third kappa shape index (κ3) is 5.16. The molecule has 0 spiro atoms. The summed E-state index contributed by atoms with van der Waals surface area (Å²) in [4.78, 5) is 14.7. The topological polar surface area (TPSA) is 66.5 Å². The summed E-state index contributed by atoms with van der Waals surface area (Å²) in [5.41, 5.74) is 1.88. The molecule has 1 amide bonds. The van der Waals surface area contributed by atoms with Gasteiger partial charge in [-0.05, 0) is 44.9 Å². The molecule has 2 aromatic rings. The number of benzene rings is 2. The molecule has 0 aliphatic carbocycles. The molecule has 2 rings (SSSR count). The average molecular weight is 375 g/mol. The van der Waals surface area contributed by atoms with Crippen LogP contribution in [0.5, 0.6) is 0 Å². The van der Waals surface area contributed by atoms with Crippen molar-refractivity contribution in [3.05, 3.63) is 65.7 Å². The minimum Gasteiger partial charge on any atom is -0.342 e. The van der Waals surface area contributed by atoms with Crippen LogP contribution in [0.4, 0.5) is 0 Å². The summed E-state index contributed by atoms with van der Waals surface area (Å²) in [7, 11) is -3.79. The van der Waals surface area contributed by atoms with Crippen LogP contribution in [0, 0.1) is 6.92 Å². The number of nitrogens with one attached hydrogen (secondary N) is 1. The zero-order valence-corrected chi connectivity index (χ0v) is 16.3. The van der Waals surface area contributed by atoms with Gasteiger partial charge in [0.1, 0.15) is 6.04 Å². The molecule has 6 heteroatoms. The van der Waals surface area contributed by atoms with Gasteiger partial charge in [0.05, 0.1) is 4.90 Å². The molecule has 0 aromatic heterocycles. The van der Waals surface area contributed by atoms with Gasteiger partial charge in [0, 0.05) is 13.1 Å². The maximum absolute atomic E-state index is 12.9. The second-order valence-corrected chi connectivity index (χ2v) is 7.90. The van der Waals surface area contributed by atoms with Gasteiger partial charge in [0.25, 0.3) is 0 Å². The van der Waals surface area contributed by atoms with Crippen molar-refractivity contribution in [3.63, 3.8) is 0 Å². The number of rotatable bonds is 8. The molecule has 0 radical (unpaired) electrons. The third-order valence-corrected chi connectivity index (χ3v) is 5.77. The molecule has 1 N–H and O–H groups in total. The van der Waals surface area contributed by atoms with Gasteiger partial charge in [-0.2, -0.15) is 4.72 Å². The molecular weight excluding hydrogens is 348 g/mol. The van der Waals surface area contributed by atoms with Gasteiger partial charge in [-0.1, -0.05) is 48.0 Å². The number of amides is 1. The minimum absolute atomic E-state index is 0.161. The number of carbonyl (C=O) groups excluding carboxylic acids is 1. The lowest BCUT2D eigenvalue weighted by Crippen LogP contribution is -2.49. The maximum atomic E-state index is 12.9. The van der Waals surface area contributed by atoms with Crippen molar-refractivity contribution in [1.82, 2.24) is 9.62 Å². The lowest BCUT2D eigenvalue weighted by Gasteiger charge is -2.26. The van der Waals surface area contributed by atoms with Crippen molar-refractivity contribution in [3.8, 4) is 0 Å². The quantitative estimate of drug-likeness (QED) is 0.773. The molecular formula is C20H26N2O3S. The van der Waals surface area contributed by atoms with E-state index in [1.807, 2.05) is 51.1 Å². The van der Waals surface area contributed by atoms with Crippen molar-refractivity contribution in [2.45, 2.75) is 38.1 Å². The van der Waals surface area contributed by atoms with Crippen LogP contribution in [0.1, 0.15) is 25.0 Å². The molecule has 0 aliphatic heterocycles. The molecule has 0 saturated heterocycles. The van der Waals surface area contributed by atoms with Gasteiger partial charge in [0.15, 0.2) is 0 Å². The molecule has 26 heavy (non-hydrogen) atoms. The normalized spacial score (nSPS) is 12.6. The van der Waals surface area contributed by atoms with Crippen LogP contribution in [-0.2, 0) is 21.2 Å². The number of aryl methyl sites for hydroxylation is 1. The van der Waals surface area contributed by atoms with Gasteiger partial charge in [-0.3, -0.25) is 4.79 Å². The van der Waals surface area contributed by atoms with Crippen LogP contribution in [0.2, 0.25) is 0 Å². The predicted molar refractivity (Wildman–Crippen MR) is 103 cm³/mol. The van der Waals surface area contributed by atoms with E-state index >= 15 is 0 Å². The highest BCUT2D eigenvalue weighted by Crippen LogP contribution is 2.13. The molecule has 0 heterocycles. The van der Waals surface area contributed by atoms with E-state index in [1.54, 1.807) is 29.2 Å². The standard InChI is InChI=1S/C20H26N2O3S/c1-4-22(5-2)20(23)19(15-17-9-7-6-8-10-17)21-26(24,25)18-13-11-16(3)12-14-18/h6-14,19,21H,4-5,15H2,1-3H3/t19-/m1/s1. The van der Waals surface area contributed by atoms with Crippen LogP contribution in [-0.4, -0.2) is 38.4 Å². The summed E-state index contributed by atoms with van der Waals surface area (Å²) < 4.78 is 28.1. The molecule has 0 unspecified atom stereocenters. The van der Waals surface area contributed by atoms with Gasteiger partial charge in [-0.15, -0.1) is 0 Å². The fourth-order valence-corrected chi connectivity index (χ4v) is 3.95. The smallest absolute Gasteiger partial charge is 0.241 e. The van der Waals surface area contributed by atoms with Crippen molar-refractivity contribution >= 4 is 15.9 Å². The van der Waals surface area contributed by atoms with Crippen molar-refractivity contribution in [2.24, 2.45) is 0 Å². The van der Waals surface area contributed by atoms with Crippen LogP contribution in [0.15, 0.2) is 59.5 Å². The molecule has 1 atom stereocenters. The van der Waals surface area contributed by atoms with Gasteiger partial charge in [-0.25, -0.2) is 8.42 Å². The van der Waals surface area contributed by atoms with E-state index in [9.17, 15) is 13.2 Å². The first kappa shape index (κ1) is 20.1. The van der Waals surface area contributed by atoms with E-state index in [1.165, 1.54) is 0 Å². The molecule has 0 saturated carbocycles. The minimum atomic E-state index is -3.79. The summed E-state index contributed by atoms with van der Waals surface area (Å²) in [5.74, 6) is -0.213. The van der Waals surface area contributed by atoms with Crippen molar-refractivity contribution in [1.29, 1.82) is 0 Å². The number of hydrogen-bond donors (Lipinski definition) is 1. The maximum Gasteiger partial charge on any atom is 0.241 e. The van der Waals surface area contributed by atoms with E-state index < -0.39 is 16.1 Å². The van der Waals surface area contributed by atoms with Gasteiger partial charge >= 0.3 is 0 Å². The third-order valence-electron chi connectivity index (χ3n) is 4.28. The van der Waals surface area contributed by atoms with Crippen molar-refractivity contribution in [2.75, 3.05) is 13.1 Å². The number of nitrogens with zero attached hydrogens (tertiary/aromatic N) is 1. The summed E-state index contributed by atoms with van der Waals surface area (Å²) >= 11 is 0. The fourth-order valence-electron chi connectivity index (χ4n) is 2.76. The number of likely N-dealkylation sites (N-methyl/N-ethyl adjacent to an activating group) is 1. The second-order valence-electron chi connectivity index (χ2n) is 6.19. The largest absolute Gasteiger partial charge is 0.342 e. The first-order valence-corrected chi connectivity index (χ1v) is 10.3. The zero-order chi connectivity index (χ0) is 19.2. The van der Waals surface area contributed by atoms with Gasteiger partial charge in [0.2, 0.25) is 15.9 Å². The Kier molecular flexibility index (Phi) is 6.94. The van der Waals surface area contributed by atoms with Crippen LogP contribution < -0.4 is 4.72 Å². The van der Waals surface area contributed by atoms with Crippen LogP contribution >= 0.6 is 0 Å². The number of carbonyl (C=O) groups is 1. The molecule has 5 nitrogen and oxygen atoms in total. The van der Waals surface area contributed by atoms with E-state index in [-0.39, 0.29) is 10.8 Å². The predicted octanol–water partition coefficient (Wildman–Crippen LogP) is 2.75. The summed E-state index contributed by atoms with van der Waals surface area (Å²) in [6.07, 6.45) is 0.307. The highest BCUT2D eigenvalue weighted by atomic mass is 32.2. The monoisotopic (exact) mass is 374 g/mol. The van der Waals surface area contributed by atoms with Crippen LogP contribution in [0.3, 0.4) is 0 Å². The Morgan fingerprint density at radius 1 is 1.00 bits per heavy atom. The van der Waals surface area contributed by atoms with E-state index in [2.05, 4.69) is 4.72 Å². The lowest BCUT2D eigenvalue weighted by molar-refractivity contribution is -0.132. The summed E-state index contributed by atoms with van der Waals surface area (Å²) in [6, 6.07) is 15.2. The Bertz CT molecular complexity index is 814. The lowest BCUT2D eigenvalue weighted by atomic mass is 10.1.